The Balaban J connectivity index is 1.46. The van der Waals surface area contributed by atoms with Gasteiger partial charge in [-0.05, 0) is 51.0 Å². The zero-order chi connectivity index (χ0) is 18.3. The lowest BCUT2D eigenvalue weighted by molar-refractivity contribution is 0.242. The van der Waals surface area contributed by atoms with E-state index < -0.39 is 10.0 Å². The minimum absolute atomic E-state index is 0.0365. The van der Waals surface area contributed by atoms with Crippen molar-refractivity contribution in [3.8, 4) is 5.75 Å². The van der Waals surface area contributed by atoms with Gasteiger partial charge in [-0.25, -0.2) is 13.1 Å². The standard InChI is InChI=1S/C16H19N5O3S2/c1-10(2)24-12-5-7-13(8-6-12)26(22,23)17-9-14-20-21-15(11-3-4-11)18-19-16(21)25-14/h5-8,10-11,17H,3-4,9H2,1-2H3. The van der Waals surface area contributed by atoms with E-state index in [1.54, 1.807) is 16.6 Å². The molecule has 1 aliphatic carbocycles. The van der Waals surface area contributed by atoms with Crippen LogP contribution in [0.5, 0.6) is 5.75 Å². The van der Waals surface area contributed by atoms with Gasteiger partial charge in [0.05, 0.1) is 17.5 Å². The second kappa shape index (κ2) is 6.60. The van der Waals surface area contributed by atoms with Gasteiger partial charge in [0.2, 0.25) is 15.0 Å². The van der Waals surface area contributed by atoms with Gasteiger partial charge in [0.25, 0.3) is 0 Å². The first kappa shape index (κ1) is 17.4. The number of sulfonamides is 1. The molecule has 1 fully saturated rings. The Kier molecular flexibility index (Phi) is 4.41. The van der Waals surface area contributed by atoms with E-state index in [9.17, 15) is 8.42 Å². The summed E-state index contributed by atoms with van der Waals surface area (Å²) < 4.78 is 34.8. The molecular weight excluding hydrogens is 374 g/mol. The van der Waals surface area contributed by atoms with Crippen LogP contribution in [0.4, 0.5) is 0 Å². The maximum absolute atomic E-state index is 12.5. The quantitative estimate of drug-likeness (QED) is 0.661. The molecule has 8 nitrogen and oxygen atoms in total. The second-order valence-corrected chi connectivity index (χ2v) is 9.29. The molecule has 2 aromatic heterocycles. The number of nitrogens with zero attached hydrogens (tertiary/aromatic N) is 4. The first-order valence-corrected chi connectivity index (χ1v) is 10.7. The van der Waals surface area contributed by atoms with Crippen molar-refractivity contribution in [3.05, 3.63) is 35.1 Å². The number of rotatable bonds is 7. The third-order valence-corrected chi connectivity index (χ3v) is 6.23. The number of aromatic nitrogens is 4. The molecule has 1 N–H and O–H groups in total. The van der Waals surface area contributed by atoms with Gasteiger partial charge in [0, 0.05) is 5.92 Å². The molecule has 26 heavy (non-hydrogen) atoms. The highest BCUT2D eigenvalue weighted by Crippen LogP contribution is 2.39. The second-order valence-electron chi connectivity index (χ2n) is 6.49. The van der Waals surface area contributed by atoms with Gasteiger partial charge in [-0.15, -0.1) is 10.2 Å². The van der Waals surface area contributed by atoms with E-state index in [0.717, 1.165) is 18.7 Å². The van der Waals surface area contributed by atoms with Crippen molar-refractivity contribution >= 4 is 26.3 Å². The molecule has 1 aromatic carbocycles. The Morgan fingerprint density at radius 1 is 1.27 bits per heavy atom. The van der Waals surface area contributed by atoms with E-state index in [1.165, 1.54) is 23.5 Å². The predicted molar refractivity (Wildman–Crippen MR) is 96.9 cm³/mol. The number of fused-ring (bicyclic) bond motifs is 1. The van der Waals surface area contributed by atoms with Crippen LogP contribution in [-0.2, 0) is 16.6 Å². The van der Waals surface area contributed by atoms with Crippen LogP contribution < -0.4 is 9.46 Å². The van der Waals surface area contributed by atoms with E-state index in [4.69, 9.17) is 4.74 Å². The molecule has 2 heterocycles. The number of benzene rings is 1. The van der Waals surface area contributed by atoms with E-state index in [1.807, 2.05) is 13.8 Å². The van der Waals surface area contributed by atoms with Crippen LogP contribution in [0.2, 0.25) is 0 Å². The van der Waals surface area contributed by atoms with Crippen LogP contribution in [0.25, 0.3) is 4.96 Å². The molecule has 0 amide bonds. The van der Waals surface area contributed by atoms with Crippen molar-refractivity contribution in [2.75, 3.05) is 0 Å². The van der Waals surface area contributed by atoms with E-state index in [-0.39, 0.29) is 17.5 Å². The van der Waals surface area contributed by atoms with Crippen molar-refractivity contribution in [1.29, 1.82) is 0 Å². The first-order chi connectivity index (χ1) is 12.4. The smallest absolute Gasteiger partial charge is 0.240 e. The molecule has 10 heteroatoms. The fourth-order valence-corrected chi connectivity index (χ4v) is 4.41. The molecule has 0 aliphatic heterocycles. The average molecular weight is 393 g/mol. The summed E-state index contributed by atoms with van der Waals surface area (Å²) in [7, 11) is -3.62. The Bertz CT molecular complexity index is 1020. The maximum Gasteiger partial charge on any atom is 0.240 e. The summed E-state index contributed by atoms with van der Waals surface area (Å²) in [6, 6.07) is 6.37. The zero-order valence-corrected chi connectivity index (χ0v) is 16.0. The van der Waals surface area contributed by atoms with E-state index in [0.29, 0.717) is 21.6 Å². The van der Waals surface area contributed by atoms with Gasteiger partial charge in [0.1, 0.15) is 10.8 Å². The molecular formula is C16H19N5O3S2. The lowest BCUT2D eigenvalue weighted by atomic mass is 10.3. The summed E-state index contributed by atoms with van der Waals surface area (Å²) in [5.74, 6) is 1.94. The van der Waals surface area contributed by atoms with Crippen LogP contribution in [0.1, 0.15) is 43.4 Å². The molecule has 3 aromatic rings. The SMILES string of the molecule is CC(C)Oc1ccc(S(=O)(=O)NCc2nn3c(C4CC4)nnc3s2)cc1. The van der Waals surface area contributed by atoms with Crippen LogP contribution in [-0.4, -0.2) is 34.3 Å². The monoisotopic (exact) mass is 393 g/mol. The molecule has 4 rings (SSSR count). The lowest BCUT2D eigenvalue weighted by Gasteiger charge is -2.10. The third-order valence-electron chi connectivity index (χ3n) is 3.92. The van der Waals surface area contributed by atoms with Gasteiger partial charge in [-0.3, -0.25) is 0 Å². The number of hydrogen-bond acceptors (Lipinski definition) is 7. The molecule has 138 valence electrons. The minimum Gasteiger partial charge on any atom is -0.491 e. The number of hydrogen-bond donors (Lipinski definition) is 1. The molecule has 0 spiro atoms. The summed E-state index contributed by atoms with van der Waals surface area (Å²) >= 11 is 1.34. The maximum atomic E-state index is 12.5. The first-order valence-electron chi connectivity index (χ1n) is 8.40. The van der Waals surface area contributed by atoms with Crippen LogP contribution in [0.15, 0.2) is 29.2 Å². The molecule has 0 bridgehead atoms. The minimum atomic E-state index is -3.62. The summed E-state index contributed by atoms with van der Waals surface area (Å²) in [4.78, 5) is 0.881. The fraction of sp³-hybridized carbons (Fsp3) is 0.438. The van der Waals surface area contributed by atoms with E-state index in [2.05, 4.69) is 20.0 Å². The summed E-state index contributed by atoms with van der Waals surface area (Å²) in [6.07, 6.45) is 2.25. The highest BCUT2D eigenvalue weighted by molar-refractivity contribution is 7.89. The highest BCUT2D eigenvalue weighted by Gasteiger charge is 2.30. The van der Waals surface area contributed by atoms with Gasteiger partial charge in [-0.2, -0.15) is 9.61 Å². The van der Waals surface area contributed by atoms with Crippen molar-refractivity contribution < 1.29 is 13.2 Å². The molecule has 0 unspecified atom stereocenters. The summed E-state index contributed by atoms with van der Waals surface area (Å²) in [5.41, 5.74) is 0. The molecule has 0 atom stereocenters. The molecule has 0 radical (unpaired) electrons. The van der Waals surface area contributed by atoms with Crippen LogP contribution in [0, 0.1) is 0 Å². The van der Waals surface area contributed by atoms with Crippen molar-refractivity contribution in [3.63, 3.8) is 0 Å². The Hall–Kier alpha value is -2.04. The molecule has 1 saturated carbocycles. The topological polar surface area (TPSA) is 98.5 Å². The normalized spacial score (nSPS) is 15.0. The Morgan fingerprint density at radius 2 is 2.00 bits per heavy atom. The third kappa shape index (κ3) is 3.57. The number of ether oxygens (including phenoxy) is 1. The molecule has 0 saturated heterocycles. The predicted octanol–water partition coefficient (Wildman–Crippen LogP) is 2.33. The average Bonchev–Trinajstić information content (AvgIpc) is 3.22. The highest BCUT2D eigenvalue weighted by atomic mass is 32.2. The Labute approximate surface area is 155 Å². The fourth-order valence-electron chi connectivity index (χ4n) is 2.55. The number of nitrogens with one attached hydrogen (secondary N) is 1. The summed E-state index contributed by atoms with van der Waals surface area (Å²) in [6.45, 7) is 3.95. The van der Waals surface area contributed by atoms with Crippen LogP contribution >= 0.6 is 11.3 Å². The van der Waals surface area contributed by atoms with Crippen LogP contribution in [0.3, 0.4) is 0 Å². The van der Waals surface area contributed by atoms with Crippen molar-refractivity contribution in [1.82, 2.24) is 24.5 Å². The Morgan fingerprint density at radius 3 is 2.65 bits per heavy atom. The van der Waals surface area contributed by atoms with Crippen molar-refractivity contribution in [2.24, 2.45) is 0 Å². The van der Waals surface area contributed by atoms with Gasteiger partial charge in [-0.1, -0.05) is 11.3 Å². The zero-order valence-electron chi connectivity index (χ0n) is 14.4. The lowest BCUT2D eigenvalue weighted by Crippen LogP contribution is -2.23. The largest absolute Gasteiger partial charge is 0.491 e. The van der Waals surface area contributed by atoms with E-state index >= 15 is 0 Å². The van der Waals surface area contributed by atoms with Gasteiger partial charge < -0.3 is 4.74 Å². The van der Waals surface area contributed by atoms with Crippen molar-refractivity contribution in [2.45, 2.75) is 50.2 Å². The van der Waals surface area contributed by atoms with Gasteiger partial charge >= 0.3 is 0 Å². The molecule has 1 aliphatic rings. The van der Waals surface area contributed by atoms with Gasteiger partial charge in [0.15, 0.2) is 5.82 Å². The summed E-state index contributed by atoms with van der Waals surface area (Å²) in [5, 5.41) is 13.4.